The predicted octanol–water partition coefficient (Wildman–Crippen LogP) is 4.20. The molecule has 6 heteroatoms. The molecule has 0 spiro atoms. The zero-order chi connectivity index (χ0) is 27.6. The van der Waals surface area contributed by atoms with Crippen molar-refractivity contribution in [1.82, 2.24) is 0 Å². The number of aliphatic hydroxyl groups excluding tert-OH is 1. The van der Waals surface area contributed by atoms with Crippen molar-refractivity contribution in [1.29, 1.82) is 0 Å². The molecule has 2 aliphatic heterocycles. The molecule has 4 aromatic carbocycles. The minimum Gasteiger partial charge on any atom is -0.450 e. The highest BCUT2D eigenvalue weighted by Crippen LogP contribution is 2.76. The summed E-state index contributed by atoms with van der Waals surface area (Å²) in [7, 11) is 0. The van der Waals surface area contributed by atoms with Crippen LogP contribution < -0.4 is 0 Å². The average molecular weight is 535 g/mol. The molecule has 3 aliphatic rings. The summed E-state index contributed by atoms with van der Waals surface area (Å²) in [5, 5.41) is 37.4. The molecule has 40 heavy (non-hydrogen) atoms. The van der Waals surface area contributed by atoms with E-state index >= 15 is 0 Å². The Bertz CT molecular complexity index is 1530. The normalized spacial score (nSPS) is 36.2. The van der Waals surface area contributed by atoms with Crippen LogP contribution in [-0.4, -0.2) is 44.2 Å². The fraction of sp³-hybridized carbons (Fsp3) is 0.265. The molecule has 2 heterocycles. The summed E-state index contributed by atoms with van der Waals surface area (Å²) in [6, 6.07) is 36.8. The Morgan fingerprint density at radius 3 is 1.85 bits per heavy atom. The van der Waals surface area contributed by atoms with Crippen LogP contribution in [0.15, 0.2) is 121 Å². The maximum Gasteiger partial charge on any atom is 0.342 e. The van der Waals surface area contributed by atoms with E-state index in [1.807, 2.05) is 91.0 Å². The van der Waals surface area contributed by atoms with Crippen molar-refractivity contribution in [2.45, 2.75) is 53.4 Å². The highest BCUT2D eigenvalue weighted by atomic mass is 16.7. The second-order valence-electron chi connectivity index (χ2n) is 11.1. The molecule has 0 radical (unpaired) electrons. The smallest absolute Gasteiger partial charge is 0.342 e. The zero-order valence-electron chi connectivity index (χ0n) is 21.8. The minimum absolute atomic E-state index is 0.0819. The van der Waals surface area contributed by atoms with Gasteiger partial charge in [0.05, 0.1) is 6.10 Å². The van der Waals surface area contributed by atoms with Crippen LogP contribution in [0.3, 0.4) is 0 Å². The van der Waals surface area contributed by atoms with Gasteiger partial charge in [0, 0.05) is 12.3 Å². The van der Waals surface area contributed by atoms with Crippen molar-refractivity contribution in [2.24, 2.45) is 0 Å². The van der Waals surface area contributed by atoms with Crippen LogP contribution in [0.4, 0.5) is 0 Å². The van der Waals surface area contributed by atoms with Crippen LogP contribution in [0.25, 0.3) is 0 Å². The Hall–Kier alpha value is -3.81. The molecule has 7 atom stereocenters. The third kappa shape index (κ3) is 2.99. The quantitative estimate of drug-likeness (QED) is 0.332. The molecule has 0 amide bonds. The molecule has 2 saturated heterocycles. The first-order valence-corrected chi connectivity index (χ1v) is 13.6. The van der Waals surface area contributed by atoms with E-state index in [9.17, 15) is 20.1 Å². The van der Waals surface area contributed by atoms with E-state index in [1.54, 1.807) is 30.3 Å². The lowest BCUT2D eigenvalue weighted by molar-refractivity contribution is -0.446. The molecule has 1 aliphatic carbocycles. The van der Waals surface area contributed by atoms with Crippen molar-refractivity contribution in [3.05, 3.63) is 144 Å². The van der Waals surface area contributed by atoms with E-state index in [0.717, 1.165) is 11.1 Å². The highest BCUT2D eigenvalue weighted by Gasteiger charge is 2.95. The molecule has 3 N–H and O–H groups in total. The molecule has 6 nitrogen and oxygen atoms in total. The van der Waals surface area contributed by atoms with Gasteiger partial charge in [-0.1, -0.05) is 121 Å². The molecule has 202 valence electrons. The van der Waals surface area contributed by atoms with Gasteiger partial charge in [-0.25, -0.2) is 4.79 Å². The summed E-state index contributed by atoms with van der Waals surface area (Å²) in [5.74, 6) is -1.46. The Balaban J connectivity index is 1.54. The van der Waals surface area contributed by atoms with Gasteiger partial charge in [0.25, 0.3) is 0 Å². The first-order valence-electron chi connectivity index (χ1n) is 13.6. The van der Waals surface area contributed by atoms with Crippen molar-refractivity contribution in [3.8, 4) is 0 Å². The van der Waals surface area contributed by atoms with Crippen LogP contribution in [0.2, 0.25) is 0 Å². The molecule has 0 bridgehead atoms. The number of carbonyl (C=O) groups excluding carboxylic acids is 1. The monoisotopic (exact) mass is 534 g/mol. The van der Waals surface area contributed by atoms with Gasteiger partial charge >= 0.3 is 5.97 Å². The second-order valence-corrected chi connectivity index (χ2v) is 11.1. The average Bonchev–Trinajstić information content (AvgIpc) is 3.14. The molecule has 0 unspecified atom stereocenters. The van der Waals surface area contributed by atoms with Gasteiger partial charge < -0.3 is 24.8 Å². The zero-order valence-corrected chi connectivity index (χ0v) is 21.8. The van der Waals surface area contributed by atoms with E-state index < -0.39 is 46.5 Å². The first kappa shape index (κ1) is 25.2. The third-order valence-electron chi connectivity index (χ3n) is 9.23. The van der Waals surface area contributed by atoms with E-state index in [4.69, 9.17) is 9.47 Å². The van der Waals surface area contributed by atoms with Crippen molar-refractivity contribution in [3.63, 3.8) is 0 Å². The van der Waals surface area contributed by atoms with Gasteiger partial charge in [0.15, 0.2) is 16.8 Å². The SMILES string of the molecule is O=C1O[C@]23[C@@H](c4ccccc4)C[C@H](O)[C@](O)(c4ccccc4)[C@]2(O[C@@H]3c2ccccc2)[C@@]1(O)Cc1ccccc1. The van der Waals surface area contributed by atoms with Crippen molar-refractivity contribution >= 4 is 5.97 Å². The van der Waals surface area contributed by atoms with Gasteiger partial charge in [-0.15, -0.1) is 0 Å². The lowest BCUT2D eigenvalue weighted by Gasteiger charge is -2.71. The van der Waals surface area contributed by atoms with Gasteiger partial charge in [-0.05, 0) is 28.7 Å². The Morgan fingerprint density at radius 2 is 1.25 bits per heavy atom. The Kier molecular flexibility index (Phi) is 5.57. The first-order chi connectivity index (χ1) is 19.4. The fourth-order valence-electron chi connectivity index (χ4n) is 7.60. The van der Waals surface area contributed by atoms with E-state index in [0.29, 0.717) is 11.1 Å². The van der Waals surface area contributed by atoms with E-state index in [-0.39, 0.29) is 12.8 Å². The van der Waals surface area contributed by atoms with Crippen LogP contribution >= 0.6 is 0 Å². The molecule has 1 saturated carbocycles. The van der Waals surface area contributed by atoms with Crippen LogP contribution in [0, 0.1) is 0 Å². The van der Waals surface area contributed by atoms with Crippen LogP contribution in [-0.2, 0) is 26.3 Å². The fourth-order valence-corrected chi connectivity index (χ4v) is 7.60. The van der Waals surface area contributed by atoms with Gasteiger partial charge in [-0.2, -0.15) is 0 Å². The maximum absolute atomic E-state index is 14.2. The van der Waals surface area contributed by atoms with Gasteiger partial charge in [0.1, 0.15) is 6.10 Å². The molecule has 3 fully saturated rings. The predicted molar refractivity (Wildman–Crippen MR) is 147 cm³/mol. The number of carbonyl (C=O) groups is 1. The molecular formula is C34H30O6. The third-order valence-corrected chi connectivity index (χ3v) is 9.23. The van der Waals surface area contributed by atoms with Crippen LogP contribution in [0.5, 0.6) is 0 Å². The van der Waals surface area contributed by atoms with Crippen molar-refractivity contribution in [2.75, 3.05) is 0 Å². The van der Waals surface area contributed by atoms with Gasteiger partial charge in [-0.3, -0.25) is 0 Å². The summed E-state index contributed by atoms with van der Waals surface area (Å²) in [6.45, 7) is 0. The van der Waals surface area contributed by atoms with E-state index in [2.05, 4.69) is 0 Å². The summed E-state index contributed by atoms with van der Waals surface area (Å²) in [5.41, 5.74) is -5.48. The molecule has 0 aromatic heterocycles. The molecule has 4 aromatic rings. The number of hydrogen-bond donors (Lipinski definition) is 3. The number of rotatable bonds is 5. The largest absolute Gasteiger partial charge is 0.450 e. The topological polar surface area (TPSA) is 96.2 Å². The van der Waals surface area contributed by atoms with Crippen molar-refractivity contribution < 1.29 is 29.6 Å². The maximum atomic E-state index is 14.2. The molecule has 7 rings (SSSR count). The Morgan fingerprint density at radius 1 is 0.725 bits per heavy atom. The Labute approximate surface area is 232 Å². The second kappa shape index (κ2) is 8.85. The number of benzene rings is 4. The van der Waals surface area contributed by atoms with E-state index in [1.165, 1.54) is 0 Å². The minimum atomic E-state index is -2.32. The number of ether oxygens (including phenoxy) is 2. The summed E-state index contributed by atoms with van der Waals surface area (Å²) in [6.07, 6.45) is -2.27. The standard InChI is InChI=1S/C34H30O6/c35-28-21-27(24-15-7-2-8-16-24)33-29(25-17-9-3-10-18-25)39-34(33,32(28,38)26-19-11-4-12-20-26)31(37,30(36)40-33)22-23-13-5-1-6-14-23/h1-20,27-29,35,37-38H,21-22H2/t27-,28+,29-,31-,32-,33+,34-/m1/s1. The number of esters is 1. The van der Waals surface area contributed by atoms with Crippen LogP contribution in [0.1, 0.15) is 40.7 Å². The highest BCUT2D eigenvalue weighted by molar-refractivity contribution is 5.88. The molecular weight excluding hydrogens is 504 g/mol. The summed E-state index contributed by atoms with van der Waals surface area (Å²) in [4.78, 5) is 14.2. The lowest BCUT2D eigenvalue weighted by Crippen LogP contribution is -2.88. The summed E-state index contributed by atoms with van der Waals surface area (Å²) >= 11 is 0. The summed E-state index contributed by atoms with van der Waals surface area (Å²) < 4.78 is 13.2. The number of aliphatic hydroxyl groups is 3. The number of hydrogen-bond acceptors (Lipinski definition) is 6. The lowest BCUT2D eigenvalue weighted by atomic mass is 9.45. The van der Waals surface area contributed by atoms with Gasteiger partial charge in [0.2, 0.25) is 5.60 Å².